The Balaban J connectivity index is 2.23. The van der Waals surface area contributed by atoms with Crippen molar-refractivity contribution in [2.45, 2.75) is 51.5 Å². The van der Waals surface area contributed by atoms with Crippen molar-refractivity contribution in [1.82, 2.24) is 5.32 Å². The molecule has 1 aliphatic rings. The Bertz CT molecular complexity index is 583. The Morgan fingerprint density at radius 2 is 2.09 bits per heavy atom. The lowest BCUT2D eigenvalue weighted by atomic mass is 9.94. The van der Waals surface area contributed by atoms with Gasteiger partial charge >= 0.3 is 0 Å². The summed E-state index contributed by atoms with van der Waals surface area (Å²) < 4.78 is 11.0. The van der Waals surface area contributed by atoms with Crippen molar-refractivity contribution in [3.8, 4) is 23.8 Å². The summed E-state index contributed by atoms with van der Waals surface area (Å²) in [7, 11) is 1.58. The van der Waals surface area contributed by atoms with Crippen LogP contribution in [-0.2, 0) is 6.42 Å². The Morgan fingerprint density at radius 1 is 1.35 bits per heavy atom. The number of rotatable bonds is 6. The standard InChI is InChI=1S/C19H25NO3/c1-4-13-23-17-12-11-16(15(5-2)18(17)22-3)19(21)20-14-9-7-6-8-10-14/h1,11-12,14H,5-10,13H2,2-3H3,(H,20,21). The Kier molecular flexibility index (Phi) is 6.34. The molecule has 1 fully saturated rings. The van der Waals surface area contributed by atoms with Crippen molar-refractivity contribution in [2.24, 2.45) is 0 Å². The van der Waals surface area contributed by atoms with Crippen LogP contribution < -0.4 is 14.8 Å². The predicted molar refractivity (Wildman–Crippen MR) is 91.0 cm³/mol. The van der Waals surface area contributed by atoms with E-state index in [9.17, 15) is 4.79 Å². The molecule has 1 aromatic rings. The van der Waals surface area contributed by atoms with Crippen molar-refractivity contribution < 1.29 is 14.3 Å². The van der Waals surface area contributed by atoms with Gasteiger partial charge in [-0.05, 0) is 31.4 Å². The van der Waals surface area contributed by atoms with Gasteiger partial charge in [-0.25, -0.2) is 0 Å². The van der Waals surface area contributed by atoms with Gasteiger partial charge < -0.3 is 14.8 Å². The van der Waals surface area contributed by atoms with Crippen LogP contribution >= 0.6 is 0 Å². The number of carbonyl (C=O) groups excluding carboxylic acids is 1. The molecule has 0 atom stereocenters. The number of nitrogens with one attached hydrogen (secondary N) is 1. The van der Waals surface area contributed by atoms with E-state index in [1.807, 2.05) is 6.92 Å². The Labute approximate surface area is 138 Å². The zero-order chi connectivity index (χ0) is 16.7. The molecule has 0 aromatic heterocycles. The molecule has 0 radical (unpaired) electrons. The zero-order valence-electron chi connectivity index (χ0n) is 14.0. The molecule has 0 unspecified atom stereocenters. The first-order chi connectivity index (χ1) is 11.2. The lowest BCUT2D eigenvalue weighted by Gasteiger charge is -2.24. The maximum atomic E-state index is 12.6. The van der Waals surface area contributed by atoms with E-state index < -0.39 is 0 Å². The minimum absolute atomic E-state index is 0.0319. The van der Waals surface area contributed by atoms with E-state index in [1.54, 1.807) is 19.2 Å². The van der Waals surface area contributed by atoms with Crippen LogP contribution in [0, 0.1) is 12.3 Å². The molecule has 0 saturated heterocycles. The van der Waals surface area contributed by atoms with Gasteiger partial charge in [0.15, 0.2) is 11.5 Å². The highest BCUT2D eigenvalue weighted by Crippen LogP contribution is 2.34. The molecule has 2 rings (SSSR count). The van der Waals surface area contributed by atoms with Gasteiger partial charge in [0, 0.05) is 17.2 Å². The molecule has 1 amide bonds. The Morgan fingerprint density at radius 3 is 2.70 bits per heavy atom. The smallest absolute Gasteiger partial charge is 0.251 e. The monoisotopic (exact) mass is 315 g/mol. The summed E-state index contributed by atoms with van der Waals surface area (Å²) in [6.07, 6.45) is 11.7. The topological polar surface area (TPSA) is 47.6 Å². The SMILES string of the molecule is C#CCOc1ccc(C(=O)NC2CCCCC2)c(CC)c1OC. The third-order valence-corrected chi connectivity index (χ3v) is 4.28. The highest BCUT2D eigenvalue weighted by Gasteiger charge is 2.21. The molecule has 1 saturated carbocycles. The fourth-order valence-electron chi connectivity index (χ4n) is 3.14. The maximum Gasteiger partial charge on any atom is 0.251 e. The van der Waals surface area contributed by atoms with Gasteiger partial charge in [-0.2, -0.15) is 0 Å². The van der Waals surface area contributed by atoms with E-state index in [0.29, 0.717) is 23.5 Å². The average Bonchev–Trinajstić information content (AvgIpc) is 2.59. The highest BCUT2D eigenvalue weighted by atomic mass is 16.5. The molecule has 1 N–H and O–H groups in total. The number of terminal acetylenes is 1. The number of hydrogen-bond donors (Lipinski definition) is 1. The summed E-state index contributed by atoms with van der Waals surface area (Å²) in [5.41, 5.74) is 1.51. The minimum Gasteiger partial charge on any atom is -0.493 e. The highest BCUT2D eigenvalue weighted by molar-refractivity contribution is 5.97. The summed E-state index contributed by atoms with van der Waals surface area (Å²) >= 11 is 0. The van der Waals surface area contributed by atoms with Crippen molar-refractivity contribution in [1.29, 1.82) is 0 Å². The molecule has 124 valence electrons. The molecular formula is C19H25NO3. The maximum absolute atomic E-state index is 12.6. The van der Waals surface area contributed by atoms with Crippen LogP contribution in [0.25, 0.3) is 0 Å². The summed E-state index contributed by atoms with van der Waals surface area (Å²) in [4.78, 5) is 12.6. The predicted octanol–water partition coefficient (Wildman–Crippen LogP) is 3.33. The third kappa shape index (κ3) is 4.19. The van der Waals surface area contributed by atoms with Crippen LogP contribution in [-0.4, -0.2) is 25.7 Å². The molecule has 23 heavy (non-hydrogen) atoms. The van der Waals surface area contributed by atoms with E-state index in [1.165, 1.54) is 19.3 Å². The fourth-order valence-corrected chi connectivity index (χ4v) is 3.14. The van der Waals surface area contributed by atoms with Gasteiger partial charge in [0.25, 0.3) is 5.91 Å². The largest absolute Gasteiger partial charge is 0.493 e. The lowest BCUT2D eigenvalue weighted by molar-refractivity contribution is 0.0926. The van der Waals surface area contributed by atoms with E-state index >= 15 is 0 Å². The average molecular weight is 315 g/mol. The second-order valence-corrected chi connectivity index (χ2v) is 5.78. The molecule has 1 aromatic carbocycles. The molecule has 0 spiro atoms. The quantitative estimate of drug-likeness (QED) is 0.819. The lowest BCUT2D eigenvalue weighted by Crippen LogP contribution is -2.36. The number of ether oxygens (including phenoxy) is 2. The first kappa shape index (κ1) is 17.2. The van der Waals surface area contributed by atoms with E-state index in [4.69, 9.17) is 15.9 Å². The van der Waals surface area contributed by atoms with Gasteiger partial charge in [0.05, 0.1) is 7.11 Å². The summed E-state index contributed by atoms with van der Waals surface area (Å²) in [6.45, 7) is 2.17. The number of amides is 1. The number of carbonyl (C=O) groups is 1. The molecular weight excluding hydrogens is 290 g/mol. The molecule has 1 aliphatic carbocycles. The second kappa shape index (κ2) is 8.47. The van der Waals surface area contributed by atoms with Crippen LogP contribution in [0.4, 0.5) is 0 Å². The summed E-state index contributed by atoms with van der Waals surface area (Å²) in [6, 6.07) is 3.83. The molecule has 4 nitrogen and oxygen atoms in total. The zero-order valence-corrected chi connectivity index (χ0v) is 14.0. The van der Waals surface area contributed by atoms with Gasteiger partial charge in [-0.15, -0.1) is 6.42 Å². The van der Waals surface area contributed by atoms with Crippen LogP contribution in [0.15, 0.2) is 12.1 Å². The first-order valence-corrected chi connectivity index (χ1v) is 8.28. The third-order valence-electron chi connectivity index (χ3n) is 4.28. The van der Waals surface area contributed by atoms with E-state index in [2.05, 4.69) is 11.2 Å². The molecule has 0 aliphatic heterocycles. The van der Waals surface area contributed by atoms with E-state index in [0.717, 1.165) is 18.4 Å². The van der Waals surface area contributed by atoms with Crippen molar-refractivity contribution in [3.05, 3.63) is 23.3 Å². The molecule has 0 heterocycles. The van der Waals surface area contributed by atoms with Crippen LogP contribution in [0.5, 0.6) is 11.5 Å². The van der Waals surface area contributed by atoms with Crippen LogP contribution in [0.3, 0.4) is 0 Å². The van der Waals surface area contributed by atoms with Crippen LogP contribution in [0.1, 0.15) is 54.9 Å². The van der Waals surface area contributed by atoms with Crippen LogP contribution in [0.2, 0.25) is 0 Å². The fraction of sp³-hybridized carbons (Fsp3) is 0.526. The van der Waals surface area contributed by atoms with Gasteiger partial charge in [0.1, 0.15) is 6.61 Å². The van der Waals surface area contributed by atoms with Crippen molar-refractivity contribution in [2.75, 3.05) is 13.7 Å². The van der Waals surface area contributed by atoms with Crippen molar-refractivity contribution in [3.63, 3.8) is 0 Å². The number of benzene rings is 1. The molecule has 0 bridgehead atoms. The van der Waals surface area contributed by atoms with Gasteiger partial charge in [-0.3, -0.25) is 4.79 Å². The summed E-state index contributed by atoms with van der Waals surface area (Å²) in [5.74, 6) is 3.58. The second-order valence-electron chi connectivity index (χ2n) is 5.78. The van der Waals surface area contributed by atoms with Gasteiger partial charge in [-0.1, -0.05) is 32.1 Å². The minimum atomic E-state index is -0.0319. The van der Waals surface area contributed by atoms with Crippen molar-refractivity contribution >= 4 is 5.91 Å². The molecule has 4 heteroatoms. The Hall–Kier alpha value is -2.15. The first-order valence-electron chi connectivity index (χ1n) is 8.28. The summed E-state index contributed by atoms with van der Waals surface area (Å²) in [5, 5.41) is 3.16. The number of hydrogen-bond acceptors (Lipinski definition) is 3. The number of methoxy groups -OCH3 is 1. The van der Waals surface area contributed by atoms with E-state index in [-0.39, 0.29) is 18.6 Å². The normalized spacial score (nSPS) is 14.8. The van der Waals surface area contributed by atoms with Gasteiger partial charge in [0.2, 0.25) is 0 Å².